The number of aliphatic carboxylic acids is 1. The van der Waals surface area contributed by atoms with E-state index in [1.165, 1.54) is 40.5 Å². The normalized spacial score (nSPS) is 12.0. The van der Waals surface area contributed by atoms with Gasteiger partial charge in [-0.1, -0.05) is 0 Å². The zero-order valence-electron chi connectivity index (χ0n) is 15.3. The molecule has 0 aliphatic rings. The molecule has 0 unspecified atom stereocenters. The number of benzene rings is 1. The van der Waals surface area contributed by atoms with E-state index < -0.39 is 16.0 Å². The van der Waals surface area contributed by atoms with Crippen LogP contribution >= 0.6 is 0 Å². The molecule has 0 spiro atoms. The smallest absolute Gasteiger partial charge is 0.305 e. The molecule has 1 N–H and O–H groups in total. The number of carboxylic acid groups (broad SMARTS) is 1. The summed E-state index contributed by atoms with van der Waals surface area (Å²) in [6.45, 7) is 7.26. The van der Waals surface area contributed by atoms with Gasteiger partial charge in [-0.05, 0) is 52.0 Å². The van der Waals surface area contributed by atoms with Crippen molar-refractivity contribution in [1.29, 1.82) is 0 Å². The lowest BCUT2D eigenvalue weighted by atomic mass is 10.1. The van der Waals surface area contributed by atoms with Crippen molar-refractivity contribution in [2.24, 2.45) is 0 Å². The molecule has 0 aliphatic heterocycles. The highest BCUT2D eigenvalue weighted by atomic mass is 32.2. The highest BCUT2D eigenvalue weighted by Crippen LogP contribution is 2.18. The lowest BCUT2D eigenvalue weighted by molar-refractivity contribution is -0.137. The SMILES string of the molecule is CC(C)N(CCC(=O)O)C(=O)c1ccc(S(=O)(=O)N(C)C(C)C)cc1. The Kier molecular flexibility index (Phi) is 7.13. The Labute approximate surface area is 149 Å². The lowest BCUT2D eigenvalue weighted by Gasteiger charge is -2.26. The van der Waals surface area contributed by atoms with Crippen LogP contribution in [-0.2, 0) is 14.8 Å². The Morgan fingerprint density at radius 2 is 1.56 bits per heavy atom. The maximum Gasteiger partial charge on any atom is 0.305 e. The van der Waals surface area contributed by atoms with Crippen molar-refractivity contribution in [3.05, 3.63) is 29.8 Å². The second kappa shape index (κ2) is 8.44. The van der Waals surface area contributed by atoms with Crippen LogP contribution in [0.5, 0.6) is 0 Å². The van der Waals surface area contributed by atoms with Crippen molar-refractivity contribution in [3.8, 4) is 0 Å². The Hall–Kier alpha value is -1.93. The van der Waals surface area contributed by atoms with Gasteiger partial charge in [0.25, 0.3) is 5.91 Å². The van der Waals surface area contributed by atoms with Crippen molar-refractivity contribution >= 4 is 21.9 Å². The van der Waals surface area contributed by atoms with Crippen LogP contribution in [-0.4, -0.2) is 60.3 Å². The molecule has 0 bridgehead atoms. The summed E-state index contributed by atoms with van der Waals surface area (Å²) < 4.78 is 26.1. The Bertz CT molecular complexity index is 711. The third kappa shape index (κ3) is 5.27. The van der Waals surface area contributed by atoms with Gasteiger partial charge >= 0.3 is 5.97 Å². The molecule has 1 aromatic carbocycles. The summed E-state index contributed by atoms with van der Waals surface area (Å²) in [4.78, 5) is 24.9. The average molecular weight is 370 g/mol. The molecule has 0 saturated carbocycles. The van der Waals surface area contributed by atoms with E-state index in [1.54, 1.807) is 27.7 Å². The quantitative estimate of drug-likeness (QED) is 0.755. The molecule has 0 aliphatic carbocycles. The molecular formula is C17H26N2O5S. The molecule has 8 heteroatoms. The minimum absolute atomic E-state index is 0.0992. The molecule has 0 radical (unpaired) electrons. The fourth-order valence-electron chi connectivity index (χ4n) is 2.19. The number of rotatable bonds is 8. The standard InChI is InChI=1S/C17H26N2O5S/c1-12(2)18(5)25(23,24)15-8-6-14(7-9-15)17(22)19(13(3)4)11-10-16(20)21/h6-9,12-13H,10-11H2,1-5H3,(H,20,21). The minimum Gasteiger partial charge on any atom is -0.481 e. The fraction of sp³-hybridized carbons (Fsp3) is 0.529. The number of hydrogen-bond acceptors (Lipinski definition) is 4. The number of carbonyl (C=O) groups excluding carboxylic acids is 1. The van der Waals surface area contributed by atoms with E-state index in [1.807, 2.05) is 0 Å². The van der Waals surface area contributed by atoms with Crippen LogP contribution in [0.15, 0.2) is 29.2 Å². The second-order valence-electron chi connectivity index (χ2n) is 6.38. The number of carbonyl (C=O) groups is 2. The van der Waals surface area contributed by atoms with Crippen LogP contribution in [0, 0.1) is 0 Å². The number of nitrogens with zero attached hydrogens (tertiary/aromatic N) is 2. The van der Waals surface area contributed by atoms with E-state index in [0.29, 0.717) is 5.56 Å². The van der Waals surface area contributed by atoms with Crippen molar-refractivity contribution in [3.63, 3.8) is 0 Å². The molecule has 0 saturated heterocycles. The third-order valence-corrected chi connectivity index (χ3v) is 6.00. The molecule has 0 atom stereocenters. The van der Waals surface area contributed by atoms with E-state index in [9.17, 15) is 18.0 Å². The first-order valence-electron chi connectivity index (χ1n) is 8.09. The van der Waals surface area contributed by atoms with Gasteiger partial charge in [-0.25, -0.2) is 8.42 Å². The molecule has 25 heavy (non-hydrogen) atoms. The van der Waals surface area contributed by atoms with Gasteiger partial charge in [-0.2, -0.15) is 4.31 Å². The molecule has 1 amide bonds. The van der Waals surface area contributed by atoms with E-state index >= 15 is 0 Å². The van der Waals surface area contributed by atoms with Gasteiger partial charge in [0, 0.05) is 31.2 Å². The number of sulfonamides is 1. The van der Waals surface area contributed by atoms with Gasteiger partial charge in [-0.3, -0.25) is 9.59 Å². The summed E-state index contributed by atoms with van der Waals surface area (Å²) in [7, 11) is -2.10. The van der Waals surface area contributed by atoms with E-state index in [-0.39, 0.29) is 35.9 Å². The molecule has 0 fully saturated rings. The van der Waals surface area contributed by atoms with E-state index in [2.05, 4.69) is 0 Å². The van der Waals surface area contributed by atoms with Crippen LogP contribution in [0.4, 0.5) is 0 Å². The van der Waals surface area contributed by atoms with Gasteiger partial charge in [0.2, 0.25) is 10.0 Å². The van der Waals surface area contributed by atoms with E-state index in [4.69, 9.17) is 5.11 Å². The Balaban J connectivity index is 3.04. The Morgan fingerprint density at radius 1 is 1.04 bits per heavy atom. The number of amides is 1. The van der Waals surface area contributed by atoms with Crippen molar-refractivity contribution in [1.82, 2.24) is 9.21 Å². The topological polar surface area (TPSA) is 95.0 Å². The largest absolute Gasteiger partial charge is 0.481 e. The first-order chi connectivity index (χ1) is 11.5. The molecule has 140 valence electrons. The zero-order chi connectivity index (χ0) is 19.4. The predicted molar refractivity (Wildman–Crippen MR) is 95.0 cm³/mol. The molecule has 0 heterocycles. The van der Waals surface area contributed by atoms with Gasteiger partial charge in [0.15, 0.2) is 0 Å². The summed E-state index contributed by atoms with van der Waals surface area (Å²) in [5, 5.41) is 8.81. The molecular weight excluding hydrogens is 344 g/mol. The minimum atomic E-state index is -3.61. The monoisotopic (exact) mass is 370 g/mol. The van der Waals surface area contributed by atoms with Gasteiger partial charge < -0.3 is 10.0 Å². The van der Waals surface area contributed by atoms with Crippen LogP contribution in [0.25, 0.3) is 0 Å². The van der Waals surface area contributed by atoms with Gasteiger partial charge in [0.05, 0.1) is 11.3 Å². The summed E-state index contributed by atoms with van der Waals surface area (Å²) in [5.41, 5.74) is 0.324. The third-order valence-electron chi connectivity index (χ3n) is 3.96. The maximum atomic E-state index is 12.6. The summed E-state index contributed by atoms with van der Waals surface area (Å²) in [6.07, 6.45) is -0.143. The lowest BCUT2D eigenvalue weighted by Crippen LogP contribution is -2.38. The highest BCUT2D eigenvalue weighted by Gasteiger charge is 2.24. The van der Waals surface area contributed by atoms with Gasteiger partial charge in [-0.15, -0.1) is 0 Å². The van der Waals surface area contributed by atoms with Gasteiger partial charge in [0.1, 0.15) is 0 Å². The maximum absolute atomic E-state index is 12.6. The average Bonchev–Trinajstić information content (AvgIpc) is 2.53. The number of hydrogen-bond donors (Lipinski definition) is 1. The summed E-state index contributed by atoms with van der Waals surface area (Å²) in [6, 6.07) is 5.37. The predicted octanol–water partition coefficient (Wildman–Crippen LogP) is 2.04. The van der Waals surface area contributed by atoms with Crippen LogP contribution in [0.2, 0.25) is 0 Å². The molecule has 7 nitrogen and oxygen atoms in total. The molecule has 1 aromatic rings. The highest BCUT2D eigenvalue weighted by molar-refractivity contribution is 7.89. The molecule has 1 rings (SSSR count). The first-order valence-corrected chi connectivity index (χ1v) is 9.53. The van der Waals surface area contributed by atoms with Crippen LogP contribution in [0.1, 0.15) is 44.5 Å². The summed E-state index contributed by atoms with van der Waals surface area (Å²) in [5.74, 6) is -1.30. The van der Waals surface area contributed by atoms with Crippen LogP contribution < -0.4 is 0 Å². The van der Waals surface area contributed by atoms with Crippen LogP contribution in [0.3, 0.4) is 0 Å². The fourth-order valence-corrected chi connectivity index (χ4v) is 3.56. The summed E-state index contributed by atoms with van der Waals surface area (Å²) >= 11 is 0. The zero-order valence-corrected chi connectivity index (χ0v) is 16.1. The van der Waals surface area contributed by atoms with Crippen molar-refractivity contribution < 1.29 is 23.1 Å². The van der Waals surface area contributed by atoms with E-state index in [0.717, 1.165) is 0 Å². The molecule has 0 aromatic heterocycles. The van der Waals surface area contributed by atoms with Crippen molar-refractivity contribution in [2.75, 3.05) is 13.6 Å². The second-order valence-corrected chi connectivity index (χ2v) is 8.37. The number of carboxylic acids is 1. The Morgan fingerprint density at radius 3 is 1.96 bits per heavy atom. The van der Waals surface area contributed by atoms with Crippen molar-refractivity contribution in [2.45, 2.75) is 51.1 Å². The first kappa shape index (κ1) is 21.1.